The molecule has 0 fully saturated rings. The Hall–Kier alpha value is -2.37. The number of carbonyl (C=O) groups is 1. The second-order valence-electron chi connectivity index (χ2n) is 4.62. The van der Waals surface area contributed by atoms with Crippen LogP contribution in [-0.4, -0.2) is 11.0 Å². The van der Waals surface area contributed by atoms with Gasteiger partial charge in [0.1, 0.15) is 5.54 Å². The topological polar surface area (TPSA) is 84.4 Å². The third kappa shape index (κ3) is 2.36. The van der Waals surface area contributed by atoms with E-state index in [4.69, 9.17) is 11.7 Å². The molecule has 0 unspecified atom stereocenters. The van der Waals surface area contributed by atoms with Crippen molar-refractivity contribution in [2.24, 2.45) is 11.7 Å². The largest absolute Gasteiger partial charge is 0.346 e. The van der Waals surface area contributed by atoms with E-state index in [1.807, 2.05) is 67.6 Å². The molecule has 0 bridgehead atoms. The van der Waals surface area contributed by atoms with E-state index in [-0.39, 0.29) is 0 Å². The lowest BCUT2D eigenvalue weighted by Crippen LogP contribution is -2.57. The minimum absolute atomic E-state index is 0.555. The molecule has 0 aliphatic carbocycles. The molecule has 0 aliphatic heterocycles. The van der Waals surface area contributed by atoms with E-state index in [0.717, 1.165) is 16.1 Å². The Bertz CT molecular complexity index is 531. The summed E-state index contributed by atoms with van der Waals surface area (Å²) in [6, 6.07) is 18.6. The van der Waals surface area contributed by atoms with E-state index < -0.39 is 11.6 Å². The lowest BCUT2D eigenvalue weighted by atomic mass is 9.84. The standard InChI is InChI=1S/C15H18N4O/c1-15(19(17)14(20)18-16,12-8-4-2-5-9-12)13-10-6-3-7-11-13/h2-11H,16-17H2,1H3,(H,18,20). The van der Waals surface area contributed by atoms with Gasteiger partial charge in [0.05, 0.1) is 0 Å². The Morgan fingerprint density at radius 2 is 1.40 bits per heavy atom. The summed E-state index contributed by atoms with van der Waals surface area (Å²) in [6.07, 6.45) is 0. The Balaban J connectivity index is 2.58. The number of rotatable bonds is 3. The maximum absolute atomic E-state index is 11.9. The lowest BCUT2D eigenvalue weighted by Gasteiger charge is -2.38. The fraction of sp³-hybridized carbons (Fsp3) is 0.133. The van der Waals surface area contributed by atoms with Gasteiger partial charge in [-0.2, -0.15) is 0 Å². The highest BCUT2D eigenvalue weighted by Crippen LogP contribution is 2.33. The maximum atomic E-state index is 11.9. The minimum atomic E-state index is -0.814. The van der Waals surface area contributed by atoms with Crippen LogP contribution in [0.4, 0.5) is 4.79 Å². The van der Waals surface area contributed by atoms with Gasteiger partial charge < -0.3 is 0 Å². The number of amides is 2. The molecule has 5 heteroatoms. The second-order valence-corrected chi connectivity index (χ2v) is 4.62. The average Bonchev–Trinajstić information content (AvgIpc) is 2.54. The molecule has 5 nitrogen and oxygen atoms in total. The van der Waals surface area contributed by atoms with Crippen LogP contribution in [0.5, 0.6) is 0 Å². The van der Waals surface area contributed by atoms with Crippen molar-refractivity contribution in [1.82, 2.24) is 10.4 Å². The number of hydrogen-bond acceptors (Lipinski definition) is 3. The summed E-state index contributed by atoms with van der Waals surface area (Å²) < 4.78 is 0. The van der Waals surface area contributed by atoms with Crippen LogP contribution in [-0.2, 0) is 5.54 Å². The van der Waals surface area contributed by atoms with Crippen LogP contribution >= 0.6 is 0 Å². The molecule has 5 N–H and O–H groups in total. The van der Waals surface area contributed by atoms with E-state index in [2.05, 4.69) is 5.43 Å². The van der Waals surface area contributed by atoms with Gasteiger partial charge in [0.15, 0.2) is 0 Å². The first-order valence-electron chi connectivity index (χ1n) is 6.27. The van der Waals surface area contributed by atoms with Crippen LogP contribution in [0.2, 0.25) is 0 Å². The first-order chi connectivity index (χ1) is 9.60. The zero-order valence-corrected chi connectivity index (χ0v) is 11.3. The zero-order chi connectivity index (χ0) is 14.6. The molecule has 0 aromatic heterocycles. The average molecular weight is 270 g/mol. The smallest absolute Gasteiger partial charge is 0.275 e. The molecular formula is C15H18N4O. The molecule has 2 amide bonds. The molecule has 0 saturated carbocycles. The highest BCUT2D eigenvalue weighted by atomic mass is 16.2. The molecule has 0 heterocycles. The molecule has 2 rings (SSSR count). The predicted octanol–water partition coefficient (Wildman–Crippen LogP) is 1.71. The van der Waals surface area contributed by atoms with Crippen LogP contribution in [0.3, 0.4) is 0 Å². The van der Waals surface area contributed by atoms with Crippen LogP contribution in [0.1, 0.15) is 18.1 Å². The Labute approximate surface area is 118 Å². The van der Waals surface area contributed by atoms with Crippen LogP contribution in [0.15, 0.2) is 60.7 Å². The van der Waals surface area contributed by atoms with Crippen molar-refractivity contribution < 1.29 is 4.79 Å². The van der Waals surface area contributed by atoms with Gasteiger partial charge in [0.25, 0.3) is 0 Å². The maximum Gasteiger partial charge on any atom is 0.346 e. The van der Waals surface area contributed by atoms with E-state index in [9.17, 15) is 4.79 Å². The van der Waals surface area contributed by atoms with Crippen molar-refractivity contribution in [2.75, 3.05) is 0 Å². The van der Waals surface area contributed by atoms with Crippen LogP contribution in [0.25, 0.3) is 0 Å². The van der Waals surface area contributed by atoms with Crippen molar-refractivity contribution in [1.29, 1.82) is 0 Å². The van der Waals surface area contributed by atoms with E-state index >= 15 is 0 Å². The van der Waals surface area contributed by atoms with Gasteiger partial charge in [-0.3, -0.25) is 5.43 Å². The highest BCUT2D eigenvalue weighted by Gasteiger charge is 2.37. The fourth-order valence-corrected chi connectivity index (χ4v) is 2.24. The number of benzene rings is 2. The monoisotopic (exact) mass is 270 g/mol. The van der Waals surface area contributed by atoms with E-state index in [1.165, 1.54) is 0 Å². The summed E-state index contributed by atoms with van der Waals surface area (Å²) in [5.41, 5.74) is 3.06. The third-order valence-electron chi connectivity index (χ3n) is 3.50. The van der Waals surface area contributed by atoms with Gasteiger partial charge in [0, 0.05) is 0 Å². The SMILES string of the molecule is CC(c1ccccc1)(c1ccccc1)N(N)C(=O)NN. The number of hydrogen-bond donors (Lipinski definition) is 3. The van der Waals surface area contributed by atoms with Crippen molar-refractivity contribution in [3.63, 3.8) is 0 Å². The molecule has 104 valence electrons. The van der Waals surface area contributed by atoms with Crippen molar-refractivity contribution in [3.05, 3.63) is 71.8 Å². The van der Waals surface area contributed by atoms with Gasteiger partial charge >= 0.3 is 6.03 Å². The van der Waals surface area contributed by atoms with Gasteiger partial charge in [-0.1, -0.05) is 60.7 Å². The molecule has 0 aliphatic rings. The summed E-state index contributed by atoms with van der Waals surface area (Å²) in [5.74, 6) is 11.2. The van der Waals surface area contributed by atoms with Crippen molar-refractivity contribution >= 4 is 6.03 Å². The molecule has 0 atom stereocenters. The van der Waals surface area contributed by atoms with Crippen LogP contribution < -0.4 is 17.1 Å². The normalized spacial score (nSPS) is 10.9. The van der Waals surface area contributed by atoms with Crippen molar-refractivity contribution in [3.8, 4) is 0 Å². The second kappa shape index (κ2) is 5.73. The summed E-state index contributed by atoms with van der Waals surface area (Å²) in [7, 11) is 0. The molecule has 2 aromatic rings. The first-order valence-corrected chi connectivity index (χ1v) is 6.27. The Kier molecular flexibility index (Phi) is 4.02. The number of urea groups is 1. The molecule has 0 saturated heterocycles. The first kappa shape index (κ1) is 14.0. The number of hydrazine groups is 2. The number of nitrogens with zero attached hydrogens (tertiary/aromatic N) is 1. The minimum Gasteiger partial charge on any atom is -0.275 e. The van der Waals surface area contributed by atoms with Crippen LogP contribution in [0, 0.1) is 0 Å². The van der Waals surface area contributed by atoms with Gasteiger partial charge in [-0.25, -0.2) is 21.5 Å². The lowest BCUT2D eigenvalue weighted by molar-refractivity contribution is 0.147. The van der Waals surface area contributed by atoms with Gasteiger partial charge in [-0.05, 0) is 18.1 Å². The quantitative estimate of drug-likeness (QED) is 0.451. The highest BCUT2D eigenvalue weighted by molar-refractivity contribution is 5.74. The Morgan fingerprint density at radius 3 is 1.75 bits per heavy atom. The van der Waals surface area contributed by atoms with E-state index in [0.29, 0.717) is 0 Å². The van der Waals surface area contributed by atoms with E-state index in [1.54, 1.807) is 0 Å². The zero-order valence-electron chi connectivity index (χ0n) is 11.3. The summed E-state index contributed by atoms with van der Waals surface area (Å²) in [6.45, 7) is 1.88. The van der Waals surface area contributed by atoms with Gasteiger partial charge in [-0.15, -0.1) is 0 Å². The number of nitrogens with two attached hydrogens (primary N) is 2. The third-order valence-corrected chi connectivity index (χ3v) is 3.50. The number of nitrogens with one attached hydrogen (secondary N) is 1. The fourth-order valence-electron chi connectivity index (χ4n) is 2.24. The molecule has 0 radical (unpaired) electrons. The summed E-state index contributed by atoms with van der Waals surface area (Å²) in [4.78, 5) is 11.9. The molecular weight excluding hydrogens is 252 g/mol. The predicted molar refractivity (Wildman–Crippen MR) is 78.1 cm³/mol. The van der Waals surface area contributed by atoms with Gasteiger partial charge in [0.2, 0.25) is 0 Å². The molecule has 2 aromatic carbocycles. The van der Waals surface area contributed by atoms with Crippen molar-refractivity contribution in [2.45, 2.75) is 12.5 Å². The summed E-state index contributed by atoms with van der Waals surface area (Å²) in [5, 5.41) is 1.11. The molecule has 0 spiro atoms. The number of carbonyl (C=O) groups excluding carboxylic acids is 1. The molecule has 20 heavy (non-hydrogen) atoms. The Morgan fingerprint density at radius 1 is 1.00 bits per heavy atom. The summed E-state index contributed by atoms with van der Waals surface area (Å²) >= 11 is 0.